The summed E-state index contributed by atoms with van der Waals surface area (Å²) < 4.78 is 4.85. The first kappa shape index (κ1) is 10.0. The second kappa shape index (κ2) is 4.33. The lowest BCUT2D eigenvalue weighted by molar-refractivity contribution is 0.0617. The summed E-state index contributed by atoms with van der Waals surface area (Å²) in [6, 6.07) is 7.55. The molecule has 0 aliphatic heterocycles. The Labute approximate surface area is 87.6 Å². The van der Waals surface area contributed by atoms with Gasteiger partial charge in [-0.2, -0.15) is 0 Å². The topological polar surface area (TPSA) is 55.2 Å². The minimum absolute atomic E-state index is 0.229. The van der Waals surface area contributed by atoms with Crippen LogP contribution in [0.4, 0.5) is 0 Å². The van der Waals surface area contributed by atoms with Gasteiger partial charge in [0, 0.05) is 7.11 Å². The molecule has 1 aromatic carbocycles. The Bertz CT molecular complexity index is 459. The molecule has 0 fully saturated rings. The minimum atomic E-state index is -0.716. The summed E-state index contributed by atoms with van der Waals surface area (Å²) in [7, 11) is 1.54. The Kier molecular flexibility index (Phi) is 2.89. The maximum atomic E-state index is 9.65. The van der Waals surface area contributed by atoms with E-state index in [0.29, 0.717) is 5.69 Å². The van der Waals surface area contributed by atoms with E-state index in [2.05, 4.69) is 9.97 Å². The number of methoxy groups -OCH3 is 1. The minimum Gasteiger partial charge on any atom is -0.384 e. The number of benzene rings is 1. The molecular weight excluding hydrogens is 192 g/mol. The monoisotopic (exact) mass is 204 g/mol. The smallest absolute Gasteiger partial charge is 0.121 e. The Hall–Kier alpha value is -1.52. The van der Waals surface area contributed by atoms with Gasteiger partial charge in [0.15, 0.2) is 0 Å². The number of aromatic nitrogens is 2. The summed E-state index contributed by atoms with van der Waals surface area (Å²) in [5.41, 5.74) is 2.14. The molecular formula is C11H12N2O2. The summed E-state index contributed by atoms with van der Waals surface area (Å²) in [5, 5.41) is 9.65. The van der Waals surface area contributed by atoms with Gasteiger partial charge in [-0.3, -0.25) is 4.98 Å². The van der Waals surface area contributed by atoms with Crippen LogP contribution in [-0.2, 0) is 4.74 Å². The molecule has 15 heavy (non-hydrogen) atoms. The standard InChI is InChI=1S/C11H12N2O2/c1-15-7-11(14)10-6-12-8-4-2-3-5-9(8)13-10/h2-6,11,14H,7H2,1H3. The summed E-state index contributed by atoms with van der Waals surface area (Å²) in [5.74, 6) is 0. The van der Waals surface area contributed by atoms with Gasteiger partial charge >= 0.3 is 0 Å². The fraction of sp³-hybridized carbons (Fsp3) is 0.273. The van der Waals surface area contributed by atoms with Crippen LogP contribution >= 0.6 is 0 Å². The van der Waals surface area contributed by atoms with Crippen LogP contribution in [0.1, 0.15) is 11.8 Å². The number of rotatable bonds is 3. The number of hydrogen-bond acceptors (Lipinski definition) is 4. The van der Waals surface area contributed by atoms with Crippen LogP contribution in [0, 0.1) is 0 Å². The molecule has 2 rings (SSSR count). The molecule has 1 unspecified atom stereocenters. The molecule has 0 saturated heterocycles. The van der Waals surface area contributed by atoms with Crippen molar-refractivity contribution >= 4 is 11.0 Å². The maximum Gasteiger partial charge on any atom is 0.121 e. The Balaban J connectivity index is 2.38. The summed E-state index contributed by atoms with van der Waals surface area (Å²) in [6.45, 7) is 0.229. The van der Waals surface area contributed by atoms with Crippen LogP contribution in [-0.4, -0.2) is 28.8 Å². The van der Waals surface area contributed by atoms with E-state index in [1.54, 1.807) is 6.20 Å². The number of nitrogens with zero attached hydrogens (tertiary/aromatic N) is 2. The van der Waals surface area contributed by atoms with E-state index in [1.807, 2.05) is 24.3 Å². The van der Waals surface area contributed by atoms with Gasteiger partial charge in [-0.1, -0.05) is 12.1 Å². The lowest BCUT2D eigenvalue weighted by Gasteiger charge is -2.08. The average molecular weight is 204 g/mol. The fourth-order valence-corrected chi connectivity index (χ4v) is 1.38. The number of ether oxygens (including phenoxy) is 1. The third-order valence-corrected chi connectivity index (χ3v) is 2.13. The highest BCUT2D eigenvalue weighted by Gasteiger charge is 2.09. The molecule has 0 spiro atoms. The lowest BCUT2D eigenvalue weighted by Crippen LogP contribution is -2.07. The molecule has 2 aromatic rings. The number of hydrogen-bond donors (Lipinski definition) is 1. The summed E-state index contributed by atoms with van der Waals surface area (Å²) in [6.07, 6.45) is 0.860. The van der Waals surface area contributed by atoms with E-state index in [9.17, 15) is 5.11 Å². The van der Waals surface area contributed by atoms with Crippen molar-refractivity contribution in [1.29, 1.82) is 0 Å². The molecule has 4 nitrogen and oxygen atoms in total. The second-order valence-electron chi connectivity index (χ2n) is 3.25. The third-order valence-electron chi connectivity index (χ3n) is 2.13. The predicted octanol–water partition coefficient (Wildman–Crippen LogP) is 1.31. The Morgan fingerprint density at radius 1 is 1.33 bits per heavy atom. The van der Waals surface area contributed by atoms with Gasteiger partial charge in [-0.05, 0) is 12.1 Å². The van der Waals surface area contributed by atoms with Crippen molar-refractivity contribution in [2.75, 3.05) is 13.7 Å². The van der Waals surface area contributed by atoms with Crippen LogP contribution in [0.3, 0.4) is 0 Å². The van der Waals surface area contributed by atoms with E-state index < -0.39 is 6.10 Å². The van der Waals surface area contributed by atoms with E-state index in [0.717, 1.165) is 11.0 Å². The molecule has 1 heterocycles. The third kappa shape index (κ3) is 2.11. The molecule has 0 radical (unpaired) electrons. The zero-order valence-corrected chi connectivity index (χ0v) is 8.42. The van der Waals surface area contributed by atoms with Crippen LogP contribution in [0.2, 0.25) is 0 Å². The highest BCUT2D eigenvalue weighted by molar-refractivity contribution is 5.73. The van der Waals surface area contributed by atoms with Crippen LogP contribution in [0.25, 0.3) is 11.0 Å². The molecule has 78 valence electrons. The van der Waals surface area contributed by atoms with Gasteiger partial charge in [0.1, 0.15) is 6.10 Å². The lowest BCUT2D eigenvalue weighted by atomic mass is 10.2. The van der Waals surface area contributed by atoms with Crippen molar-refractivity contribution in [3.05, 3.63) is 36.2 Å². The van der Waals surface area contributed by atoms with Gasteiger partial charge in [-0.25, -0.2) is 4.98 Å². The van der Waals surface area contributed by atoms with Gasteiger partial charge < -0.3 is 9.84 Å². The maximum absolute atomic E-state index is 9.65. The number of fused-ring (bicyclic) bond motifs is 1. The zero-order chi connectivity index (χ0) is 10.7. The quantitative estimate of drug-likeness (QED) is 0.819. The first-order chi connectivity index (χ1) is 7.31. The van der Waals surface area contributed by atoms with Crippen molar-refractivity contribution in [1.82, 2.24) is 9.97 Å². The molecule has 4 heteroatoms. The van der Waals surface area contributed by atoms with Crippen LogP contribution in [0.15, 0.2) is 30.5 Å². The molecule has 0 saturated carbocycles. The van der Waals surface area contributed by atoms with Crippen molar-refractivity contribution in [2.24, 2.45) is 0 Å². The number of aliphatic hydroxyl groups excluding tert-OH is 1. The van der Waals surface area contributed by atoms with Crippen molar-refractivity contribution < 1.29 is 9.84 Å². The van der Waals surface area contributed by atoms with E-state index in [4.69, 9.17) is 4.74 Å². The largest absolute Gasteiger partial charge is 0.384 e. The normalized spacial score (nSPS) is 12.9. The Morgan fingerprint density at radius 2 is 2.07 bits per heavy atom. The number of aliphatic hydroxyl groups is 1. The summed E-state index contributed by atoms with van der Waals surface area (Å²) >= 11 is 0. The number of para-hydroxylation sites is 2. The van der Waals surface area contributed by atoms with Crippen LogP contribution in [0.5, 0.6) is 0 Å². The first-order valence-corrected chi connectivity index (χ1v) is 4.70. The van der Waals surface area contributed by atoms with E-state index in [-0.39, 0.29) is 6.61 Å². The van der Waals surface area contributed by atoms with Crippen molar-refractivity contribution in [3.8, 4) is 0 Å². The first-order valence-electron chi connectivity index (χ1n) is 4.70. The van der Waals surface area contributed by atoms with E-state index >= 15 is 0 Å². The summed E-state index contributed by atoms with van der Waals surface area (Å²) in [4.78, 5) is 8.51. The van der Waals surface area contributed by atoms with Gasteiger partial charge in [0.2, 0.25) is 0 Å². The Morgan fingerprint density at radius 3 is 2.80 bits per heavy atom. The zero-order valence-electron chi connectivity index (χ0n) is 8.42. The van der Waals surface area contributed by atoms with Crippen molar-refractivity contribution in [3.63, 3.8) is 0 Å². The molecule has 0 bridgehead atoms. The van der Waals surface area contributed by atoms with E-state index in [1.165, 1.54) is 7.11 Å². The molecule has 1 atom stereocenters. The average Bonchev–Trinajstić information content (AvgIpc) is 2.29. The fourth-order valence-electron chi connectivity index (χ4n) is 1.38. The SMILES string of the molecule is COCC(O)c1cnc2ccccc2n1. The molecule has 0 amide bonds. The predicted molar refractivity (Wildman–Crippen MR) is 56.4 cm³/mol. The highest BCUT2D eigenvalue weighted by atomic mass is 16.5. The molecule has 0 aliphatic carbocycles. The van der Waals surface area contributed by atoms with Crippen LogP contribution < -0.4 is 0 Å². The molecule has 1 aromatic heterocycles. The molecule has 0 aliphatic rings. The van der Waals surface area contributed by atoms with Crippen molar-refractivity contribution in [2.45, 2.75) is 6.10 Å². The van der Waals surface area contributed by atoms with Gasteiger partial charge in [0.05, 0.1) is 29.5 Å². The highest BCUT2D eigenvalue weighted by Crippen LogP contribution is 2.13. The van der Waals surface area contributed by atoms with Gasteiger partial charge in [0.25, 0.3) is 0 Å². The molecule has 1 N–H and O–H groups in total. The van der Waals surface area contributed by atoms with Gasteiger partial charge in [-0.15, -0.1) is 0 Å². The second-order valence-corrected chi connectivity index (χ2v) is 3.25.